The molecule has 1 unspecified atom stereocenters. The van der Waals surface area contributed by atoms with Crippen LogP contribution in [0.2, 0.25) is 0 Å². The van der Waals surface area contributed by atoms with Gasteiger partial charge in [-0.05, 0) is 43.1 Å². The van der Waals surface area contributed by atoms with E-state index in [1.165, 1.54) is 4.90 Å². The molecule has 2 fully saturated rings. The number of alkyl carbamates (subject to hydrolysis) is 1. The minimum absolute atomic E-state index is 0.0644. The van der Waals surface area contributed by atoms with E-state index in [0.717, 1.165) is 32.1 Å². The fraction of sp³-hybridized carbons (Fsp3) is 0.649. The first-order chi connectivity index (χ1) is 24.3. The normalized spacial score (nSPS) is 19.5. The van der Waals surface area contributed by atoms with Crippen molar-refractivity contribution in [3.8, 4) is 0 Å². The highest BCUT2D eigenvalue weighted by atomic mass is 16.5. The predicted molar refractivity (Wildman–Crippen MR) is 188 cm³/mol. The summed E-state index contributed by atoms with van der Waals surface area (Å²) in [6.07, 6.45) is 4.61. The van der Waals surface area contributed by atoms with Gasteiger partial charge in [0.05, 0.1) is 37.8 Å². The fourth-order valence-electron chi connectivity index (χ4n) is 6.51. The van der Waals surface area contributed by atoms with Crippen molar-refractivity contribution >= 4 is 41.3 Å². The first-order valence-corrected chi connectivity index (χ1v) is 18.1. The number of carbonyl (C=O) groups excluding carboxylic acids is 7. The molecule has 0 spiro atoms. The molecule has 14 heteroatoms. The second kappa shape index (κ2) is 20.5. The third-order valence-corrected chi connectivity index (χ3v) is 9.28. The molecule has 1 aliphatic heterocycles. The van der Waals surface area contributed by atoms with Crippen molar-refractivity contribution in [2.75, 3.05) is 40.5 Å². The molecule has 0 aromatic heterocycles. The van der Waals surface area contributed by atoms with Gasteiger partial charge < -0.3 is 35.6 Å². The lowest BCUT2D eigenvalue weighted by Crippen LogP contribution is -2.55. The molecule has 51 heavy (non-hydrogen) atoms. The first kappa shape index (κ1) is 41.1. The van der Waals surface area contributed by atoms with Crippen LogP contribution in [-0.4, -0.2) is 98.7 Å². The van der Waals surface area contributed by atoms with Crippen LogP contribution in [0.3, 0.4) is 0 Å². The van der Waals surface area contributed by atoms with Crippen molar-refractivity contribution in [2.45, 2.75) is 90.3 Å². The number of likely N-dealkylation sites (N-methyl/N-ethyl adjacent to an activating group) is 1. The second-order valence-electron chi connectivity index (χ2n) is 14.0. The van der Waals surface area contributed by atoms with E-state index in [1.54, 1.807) is 51.4 Å². The summed E-state index contributed by atoms with van der Waals surface area (Å²) in [5, 5.41) is 10.4. The smallest absolute Gasteiger partial charge is 0.407 e. The number of carbonyl (C=O) groups is 7. The Morgan fingerprint density at radius 2 is 1.59 bits per heavy atom. The standard InChI is InChI=1S/C37H55N5O9/c1-6-13-28(33(45)35(47)38-20-29(43)40-31(36(48)42(4)5)25-16-11-8-12-17-25)39-34(46)27-22-50-19-18-26(27)32(44)30(24-14-9-7-10-15-24)41-37(49)51-21-23(2)3/h8,11-12,16-17,23-24,26-28,30-31H,6-7,9-10,13-15,18-22H2,1-5H3,(H,38,47)(H,39,46)(H,40,43)(H,41,49)/t26?,27-,28-,30+,31+/m1/s1. The fourth-order valence-corrected chi connectivity index (χ4v) is 6.51. The lowest BCUT2D eigenvalue weighted by molar-refractivity contribution is -0.145. The minimum Gasteiger partial charge on any atom is -0.449 e. The molecular weight excluding hydrogens is 658 g/mol. The molecule has 1 saturated heterocycles. The maximum Gasteiger partial charge on any atom is 0.407 e. The summed E-state index contributed by atoms with van der Waals surface area (Å²) in [5.74, 6) is -5.67. The van der Waals surface area contributed by atoms with Crippen molar-refractivity contribution in [2.24, 2.45) is 23.7 Å². The Bertz CT molecular complexity index is 1360. The van der Waals surface area contributed by atoms with E-state index >= 15 is 0 Å². The van der Waals surface area contributed by atoms with Gasteiger partial charge in [0.25, 0.3) is 5.91 Å². The Morgan fingerprint density at radius 1 is 0.902 bits per heavy atom. The maximum absolute atomic E-state index is 14.1. The summed E-state index contributed by atoms with van der Waals surface area (Å²) in [5.41, 5.74) is 0.549. The molecule has 0 radical (unpaired) electrons. The number of rotatable bonds is 17. The van der Waals surface area contributed by atoms with Crippen molar-refractivity contribution in [1.82, 2.24) is 26.2 Å². The molecule has 1 heterocycles. The van der Waals surface area contributed by atoms with Crippen LogP contribution in [0.15, 0.2) is 30.3 Å². The maximum atomic E-state index is 14.1. The molecule has 1 saturated carbocycles. The number of nitrogens with zero attached hydrogens (tertiary/aromatic N) is 1. The van der Waals surface area contributed by atoms with E-state index in [4.69, 9.17) is 9.47 Å². The highest BCUT2D eigenvalue weighted by molar-refractivity contribution is 6.38. The van der Waals surface area contributed by atoms with Crippen molar-refractivity contribution in [3.63, 3.8) is 0 Å². The zero-order chi connectivity index (χ0) is 37.5. The number of amides is 5. The molecule has 3 rings (SSSR count). The summed E-state index contributed by atoms with van der Waals surface area (Å²) < 4.78 is 10.9. The van der Waals surface area contributed by atoms with Crippen LogP contribution in [0.4, 0.5) is 4.79 Å². The molecule has 5 atom stereocenters. The SMILES string of the molecule is CCC[C@@H](NC(=O)[C@@H]1COCCC1C(=O)[C@@H](NC(=O)OCC(C)C)C1CCCCC1)C(=O)C(=O)NCC(=O)N[C@H](C(=O)N(C)C)c1ccccc1. The lowest BCUT2D eigenvalue weighted by Gasteiger charge is -2.36. The summed E-state index contributed by atoms with van der Waals surface area (Å²) >= 11 is 0. The molecule has 14 nitrogen and oxygen atoms in total. The summed E-state index contributed by atoms with van der Waals surface area (Å²) in [7, 11) is 3.11. The Labute approximate surface area is 300 Å². The Hall–Kier alpha value is -4.33. The van der Waals surface area contributed by atoms with Crippen LogP contribution in [0.5, 0.6) is 0 Å². The Morgan fingerprint density at radius 3 is 2.22 bits per heavy atom. The second-order valence-corrected chi connectivity index (χ2v) is 14.0. The monoisotopic (exact) mass is 713 g/mol. The number of nitrogens with one attached hydrogen (secondary N) is 4. The number of Topliss-reactive ketones (excluding diaryl/α,β-unsaturated/α-hetero) is 2. The van der Waals surface area contributed by atoms with Crippen LogP contribution >= 0.6 is 0 Å². The quantitative estimate of drug-likeness (QED) is 0.176. The third-order valence-electron chi connectivity index (χ3n) is 9.28. The van der Waals surface area contributed by atoms with Gasteiger partial charge in [0.2, 0.25) is 23.5 Å². The molecule has 2 aliphatic rings. The van der Waals surface area contributed by atoms with E-state index < -0.39 is 66.1 Å². The van der Waals surface area contributed by atoms with Gasteiger partial charge in [0.15, 0.2) is 5.78 Å². The van der Waals surface area contributed by atoms with E-state index in [1.807, 2.05) is 13.8 Å². The summed E-state index contributed by atoms with van der Waals surface area (Å²) in [4.78, 5) is 93.7. The van der Waals surface area contributed by atoms with Crippen LogP contribution in [-0.2, 0) is 38.2 Å². The van der Waals surface area contributed by atoms with Crippen molar-refractivity contribution in [1.29, 1.82) is 0 Å². The molecule has 1 aromatic rings. The van der Waals surface area contributed by atoms with Gasteiger partial charge >= 0.3 is 6.09 Å². The molecule has 0 bridgehead atoms. The number of ketones is 2. The molecule has 1 aliphatic carbocycles. The molecule has 1 aromatic carbocycles. The van der Waals surface area contributed by atoms with Gasteiger partial charge in [-0.25, -0.2) is 4.79 Å². The average Bonchev–Trinajstić information content (AvgIpc) is 3.13. The predicted octanol–water partition coefficient (Wildman–Crippen LogP) is 2.46. The van der Waals surface area contributed by atoms with Gasteiger partial charge in [-0.1, -0.05) is 76.8 Å². The lowest BCUT2D eigenvalue weighted by atomic mass is 9.75. The number of ether oxygens (including phenoxy) is 2. The van der Waals surface area contributed by atoms with E-state index in [9.17, 15) is 33.6 Å². The van der Waals surface area contributed by atoms with E-state index in [2.05, 4.69) is 21.3 Å². The third kappa shape index (κ3) is 12.4. The minimum atomic E-state index is -1.21. The van der Waals surface area contributed by atoms with Gasteiger partial charge in [-0.3, -0.25) is 28.8 Å². The molecule has 4 N–H and O–H groups in total. The Balaban J connectivity index is 1.67. The molecule has 282 valence electrons. The number of hydrogen-bond acceptors (Lipinski definition) is 9. The van der Waals surface area contributed by atoms with Gasteiger partial charge in [-0.2, -0.15) is 0 Å². The van der Waals surface area contributed by atoms with Gasteiger partial charge in [0, 0.05) is 26.6 Å². The molecule has 5 amide bonds. The van der Waals surface area contributed by atoms with Gasteiger partial charge in [0.1, 0.15) is 6.04 Å². The summed E-state index contributed by atoms with van der Waals surface area (Å²) in [6.45, 7) is 5.43. The van der Waals surface area contributed by atoms with Crippen LogP contribution in [0.1, 0.15) is 83.7 Å². The highest BCUT2D eigenvalue weighted by Gasteiger charge is 2.43. The average molecular weight is 714 g/mol. The van der Waals surface area contributed by atoms with Gasteiger partial charge in [-0.15, -0.1) is 0 Å². The van der Waals surface area contributed by atoms with Crippen LogP contribution < -0.4 is 21.3 Å². The number of benzene rings is 1. The van der Waals surface area contributed by atoms with Crippen LogP contribution in [0, 0.1) is 23.7 Å². The van der Waals surface area contributed by atoms with Crippen molar-refractivity contribution < 1.29 is 43.0 Å². The van der Waals surface area contributed by atoms with Crippen LogP contribution in [0.25, 0.3) is 0 Å². The largest absolute Gasteiger partial charge is 0.449 e. The first-order valence-electron chi connectivity index (χ1n) is 18.1. The zero-order valence-electron chi connectivity index (χ0n) is 30.5. The van der Waals surface area contributed by atoms with E-state index in [0.29, 0.717) is 12.0 Å². The molecular formula is C37H55N5O9. The highest BCUT2D eigenvalue weighted by Crippen LogP contribution is 2.32. The topological polar surface area (TPSA) is 189 Å². The Kier molecular flexibility index (Phi) is 16.5. The number of hydrogen-bond donors (Lipinski definition) is 4. The summed E-state index contributed by atoms with van der Waals surface area (Å²) in [6, 6.07) is 5.57. The van der Waals surface area contributed by atoms with E-state index in [-0.39, 0.29) is 56.2 Å². The zero-order valence-corrected chi connectivity index (χ0v) is 30.5. The van der Waals surface area contributed by atoms with Crippen molar-refractivity contribution in [3.05, 3.63) is 35.9 Å².